The first-order chi connectivity index (χ1) is 8.91. The van der Waals surface area contributed by atoms with Crippen molar-refractivity contribution in [3.05, 3.63) is 11.6 Å². The van der Waals surface area contributed by atoms with Gasteiger partial charge in [0.15, 0.2) is 0 Å². The highest BCUT2D eigenvalue weighted by molar-refractivity contribution is 5.68. The van der Waals surface area contributed by atoms with E-state index in [0.717, 1.165) is 0 Å². The molecule has 2 aromatic rings. The van der Waals surface area contributed by atoms with Crippen LogP contribution in [0.15, 0.2) is 0 Å². The summed E-state index contributed by atoms with van der Waals surface area (Å²) in [5.41, 5.74) is 18.3. The molecule has 2 aromatic heterocycles. The molecule has 0 aliphatic carbocycles. The Labute approximate surface area is 106 Å². The maximum absolute atomic E-state index is 4.58. The van der Waals surface area contributed by atoms with Crippen molar-refractivity contribution in [3.8, 4) is 0 Å². The van der Waals surface area contributed by atoms with Crippen LogP contribution < -0.4 is 44.0 Å². The zero-order valence-corrected chi connectivity index (χ0v) is 9.75. The van der Waals surface area contributed by atoms with Crippen LogP contribution in [0, 0.1) is 0 Å². The molecule has 0 atom stereocenters. The van der Waals surface area contributed by atoms with Gasteiger partial charge in [-0.1, -0.05) is 0 Å². The van der Waals surface area contributed by atoms with Gasteiger partial charge in [0.25, 0.3) is 0 Å². The van der Waals surface area contributed by atoms with Crippen LogP contribution >= 0.6 is 0 Å². The van der Waals surface area contributed by atoms with Gasteiger partial charge in [0.1, 0.15) is 0 Å². The molecule has 0 radical (unpaired) electrons. The van der Waals surface area contributed by atoms with Gasteiger partial charge >= 0.3 is 11.9 Å². The predicted molar refractivity (Wildman–Crippen MR) is 59.7 cm³/mol. The zero-order chi connectivity index (χ0) is 14.7. The van der Waals surface area contributed by atoms with Crippen LogP contribution in [0.4, 0.5) is 0 Å². The first kappa shape index (κ1) is 15.7. The van der Waals surface area contributed by atoms with E-state index in [-0.39, 0.29) is 11.9 Å². The van der Waals surface area contributed by atoms with E-state index >= 15 is 0 Å². The van der Waals surface area contributed by atoms with Crippen molar-refractivity contribution in [2.45, 2.75) is 6.42 Å². The molecule has 0 aliphatic heterocycles. The van der Waals surface area contributed by atoms with Crippen molar-refractivity contribution in [1.82, 2.24) is 41.2 Å². The van der Waals surface area contributed by atoms with Crippen molar-refractivity contribution >= 4 is 11.9 Å². The summed E-state index contributed by atoms with van der Waals surface area (Å²) in [6, 6.07) is 0. The molecular weight excluding hydrogens is 256 g/mol. The smallest absolute Gasteiger partial charge is 0.335 e. The zero-order valence-electron chi connectivity index (χ0n) is 9.75. The van der Waals surface area contributed by atoms with Crippen LogP contribution in [0.1, 0.15) is 11.6 Å². The van der Waals surface area contributed by atoms with E-state index in [4.69, 9.17) is 0 Å². The van der Waals surface area contributed by atoms with Gasteiger partial charge in [-0.2, -0.15) is 10.4 Å². The Morgan fingerprint density at radius 2 is 1.16 bits per heavy atom. The van der Waals surface area contributed by atoms with Crippen LogP contribution in [0.25, 0.3) is 0 Å². The number of guanidine groups is 2. The minimum absolute atomic E-state index is 0.0833. The van der Waals surface area contributed by atoms with E-state index in [0.29, 0.717) is 18.1 Å². The molecule has 0 amide bonds. The summed E-state index contributed by atoms with van der Waals surface area (Å²) >= 11 is 0. The molecule has 14 heteroatoms. The number of nitrogens with two attached hydrogens (primary N) is 6. The molecule has 2 rings (SSSR count). The average molecular weight is 270 g/mol. The molecule has 0 fully saturated rings. The summed E-state index contributed by atoms with van der Waals surface area (Å²) in [5, 5.41) is 36.7. The molecule has 0 bridgehead atoms. The summed E-state index contributed by atoms with van der Waals surface area (Å²) in [5.74, 6) is 0.777. The van der Waals surface area contributed by atoms with Gasteiger partial charge in [-0.05, 0) is 0 Å². The second-order valence-corrected chi connectivity index (χ2v) is 2.77. The van der Waals surface area contributed by atoms with E-state index < -0.39 is 0 Å². The molecule has 0 aliphatic rings. The number of aromatic nitrogens is 8. The molecule has 104 valence electrons. The van der Waals surface area contributed by atoms with Crippen molar-refractivity contribution < 1.29 is 10.8 Å². The summed E-state index contributed by atoms with van der Waals surface area (Å²) in [4.78, 5) is 0. The van der Waals surface area contributed by atoms with Crippen LogP contribution in [-0.2, 0) is 6.42 Å². The Bertz CT molecular complexity index is 402. The summed E-state index contributed by atoms with van der Waals surface area (Å²) in [7, 11) is 0. The maximum atomic E-state index is 4.58. The third-order valence-corrected chi connectivity index (χ3v) is 1.04. The maximum Gasteiger partial charge on any atom is 0.336 e. The van der Waals surface area contributed by atoms with Gasteiger partial charge in [0.2, 0.25) is 0 Å². The molecule has 0 aromatic carbocycles. The number of rotatable bonds is 2. The van der Waals surface area contributed by atoms with Crippen molar-refractivity contribution in [2.24, 2.45) is 22.9 Å². The largest absolute Gasteiger partial charge is 0.336 e. The highest BCUT2D eigenvalue weighted by Gasteiger charge is 1.89. The average Bonchev–Trinajstić information content (AvgIpc) is 2.89. The summed E-state index contributed by atoms with van der Waals surface area (Å²) in [6.45, 7) is 0. The first-order valence-electron chi connectivity index (χ1n) is 4.53. The van der Waals surface area contributed by atoms with E-state index in [1.165, 1.54) is 0 Å². The van der Waals surface area contributed by atoms with Crippen LogP contribution in [0.2, 0.25) is 0 Å². The van der Waals surface area contributed by atoms with Gasteiger partial charge in [-0.15, -0.1) is 0 Å². The Balaban J connectivity index is 0.000000342. The lowest BCUT2D eigenvalue weighted by Crippen LogP contribution is -2.51. The van der Waals surface area contributed by atoms with Gasteiger partial charge in [-0.3, -0.25) is 54.4 Å². The van der Waals surface area contributed by atoms with Crippen LogP contribution in [0.3, 0.4) is 0 Å². The fourth-order valence-electron chi connectivity index (χ4n) is 0.609. The number of nitrogens with zero attached hydrogens (tertiary/aromatic N) is 8. The Hall–Kier alpha value is -3.32. The van der Waals surface area contributed by atoms with Gasteiger partial charge in [0.05, 0.1) is 0 Å². The minimum Gasteiger partial charge on any atom is -0.335 e. The Kier molecular flexibility index (Phi) is 7.25. The van der Waals surface area contributed by atoms with Gasteiger partial charge in [-0.25, -0.2) is 0 Å². The third-order valence-electron chi connectivity index (χ3n) is 1.04. The normalized spacial score (nSPS) is 8.42. The van der Waals surface area contributed by atoms with Crippen molar-refractivity contribution in [2.75, 3.05) is 0 Å². The monoisotopic (exact) mass is 270 g/mol. The van der Waals surface area contributed by atoms with Crippen molar-refractivity contribution in [1.29, 1.82) is 0 Å². The fraction of sp³-hybridized carbons (Fsp3) is 0.200. The van der Waals surface area contributed by atoms with Crippen LogP contribution in [-0.4, -0.2) is 43.0 Å². The molecule has 19 heavy (non-hydrogen) atoms. The second-order valence-electron chi connectivity index (χ2n) is 2.77. The van der Waals surface area contributed by atoms with Gasteiger partial charge in [0, 0.05) is 18.1 Å². The fourth-order valence-corrected chi connectivity index (χ4v) is 0.609. The topological polar surface area (TPSA) is 261 Å². The Morgan fingerprint density at radius 1 is 0.842 bits per heavy atom. The standard InChI is InChI=1S/C3H2N8.2CH5N3/c1(2-4-8-9-5-2)3-6-10-11-7-3;2*2-1(3)4/h1H2;2*(H5,2,3,4)/q-2;;/p+2. The molecule has 0 unspecified atom stereocenters. The molecule has 14 nitrogen and oxygen atoms in total. The molecule has 0 saturated heterocycles. The molecule has 0 spiro atoms. The number of tetrazole rings is 2. The lowest BCUT2D eigenvalue weighted by atomic mass is 10.4. The van der Waals surface area contributed by atoms with E-state index in [9.17, 15) is 0 Å². The highest BCUT2D eigenvalue weighted by Crippen LogP contribution is 1.90. The molecule has 12 N–H and O–H groups in total. The number of hydrogen-bond donors (Lipinski definition) is 6. The molecule has 0 saturated carbocycles. The number of hydrogen-bond acceptors (Lipinski definition) is 6. The molecule has 2 heterocycles. The quantitative estimate of drug-likeness (QED) is 0.219. The van der Waals surface area contributed by atoms with E-state index in [2.05, 4.69) is 75.0 Å². The lowest BCUT2D eigenvalue weighted by molar-refractivity contribution is -0.117. The van der Waals surface area contributed by atoms with E-state index in [1.807, 2.05) is 0 Å². The van der Waals surface area contributed by atoms with Crippen molar-refractivity contribution in [3.63, 3.8) is 0 Å². The SMILES string of the molecule is C(c1nnn[n-]1)c1nnn[n-]1.NC(N)=[NH2+].NC(N)=[NH2+]. The summed E-state index contributed by atoms with van der Waals surface area (Å²) < 4.78 is 0. The lowest BCUT2D eigenvalue weighted by Gasteiger charge is -1.96. The van der Waals surface area contributed by atoms with Crippen LogP contribution in [0.5, 0.6) is 0 Å². The second kappa shape index (κ2) is 8.79. The predicted octanol–water partition coefficient (Wildman–Crippen LogP) is -8.40. The Morgan fingerprint density at radius 3 is 1.37 bits per heavy atom. The highest BCUT2D eigenvalue weighted by atomic mass is 15.5. The first-order valence-corrected chi connectivity index (χ1v) is 4.53. The van der Waals surface area contributed by atoms with Gasteiger partial charge < -0.3 is 10.2 Å². The molecular formula is C5H14N14. The summed E-state index contributed by atoms with van der Waals surface area (Å²) in [6.07, 6.45) is 0.375. The van der Waals surface area contributed by atoms with E-state index in [1.54, 1.807) is 0 Å². The third kappa shape index (κ3) is 11.0. The minimum atomic E-state index is -0.0833.